The number of H-pyrrole nitrogens is 1. The standard InChI is InChI=1S/C10H10N2O.Na.H/c1-8-7-10(13)12(11-8)9-5-3-2-4-6-9;;/h2-7,11H,1H3;;/q;+1;-1. The molecule has 0 atom stereocenters. The molecule has 3 nitrogen and oxygen atoms in total. The van der Waals surface area contributed by atoms with Crippen molar-refractivity contribution < 1.29 is 31.0 Å². The van der Waals surface area contributed by atoms with Crippen molar-refractivity contribution in [3.8, 4) is 5.69 Å². The van der Waals surface area contributed by atoms with Gasteiger partial charge in [0, 0.05) is 11.8 Å². The van der Waals surface area contributed by atoms with Crippen molar-refractivity contribution in [3.05, 3.63) is 52.4 Å². The number of nitrogens with one attached hydrogen (secondary N) is 1. The summed E-state index contributed by atoms with van der Waals surface area (Å²) >= 11 is 0. The molecule has 1 aromatic heterocycles. The molecule has 2 aromatic rings. The summed E-state index contributed by atoms with van der Waals surface area (Å²) in [5.41, 5.74) is 1.71. The fourth-order valence-corrected chi connectivity index (χ4v) is 1.28. The Morgan fingerprint density at radius 1 is 1.29 bits per heavy atom. The topological polar surface area (TPSA) is 37.8 Å². The Bertz CT molecular complexity index is 464. The van der Waals surface area contributed by atoms with Gasteiger partial charge in [-0.15, -0.1) is 0 Å². The molecule has 1 aromatic carbocycles. The molecule has 1 N–H and O–H groups in total. The first-order valence-electron chi connectivity index (χ1n) is 4.11. The summed E-state index contributed by atoms with van der Waals surface area (Å²) in [7, 11) is 0. The fourth-order valence-electron chi connectivity index (χ4n) is 1.28. The Hall–Kier alpha value is -0.770. The molecule has 2 rings (SSSR count). The molecule has 0 aliphatic carbocycles. The number of aromatic nitrogens is 2. The Balaban J connectivity index is 0.000000980. The third-order valence-corrected chi connectivity index (χ3v) is 1.86. The van der Waals surface area contributed by atoms with Gasteiger partial charge in [-0.2, -0.15) is 0 Å². The van der Waals surface area contributed by atoms with Gasteiger partial charge in [0.25, 0.3) is 5.56 Å². The van der Waals surface area contributed by atoms with Crippen LogP contribution in [-0.2, 0) is 0 Å². The third-order valence-electron chi connectivity index (χ3n) is 1.86. The van der Waals surface area contributed by atoms with Gasteiger partial charge in [-0.05, 0) is 19.1 Å². The quantitative estimate of drug-likeness (QED) is 0.562. The van der Waals surface area contributed by atoms with Gasteiger partial charge >= 0.3 is 29.6 Å². The molecule has 0 saturated carbocycles. The van der Waals surface area contributed by atoms with Gasteiger partial charge in [-0.25, -0.2) is 4.68 Å². The summed E-state index contributed by atoms with van der Waals surface area (Å²) in [5.74, 6) is 0. The first-order valence-corrected chi connectivity index (χ1v) is 4.11. The van der Waals surface area contributed by atoms with Crippen LogP contribution in [0, 0.1) is 6.92 Å². The number of nitrogens with zero attached hydrogens (tertiary/aromatic N) is 1. The zero-order valence-corrected chi connectivity index (χ0v) is 10.3. The van der Waals surface area contributed by atoms with Crippen molar-refractivity contribution >= 4 is 0 Å². The van der Waals surface area contributed by atoms with E-state index in [9.17, 15) is 4.79 Å². The van der Waals surface area contributed by atoms with Crippen LogP contribution in [0.15, 0.2) is 41.2 Å². The molecule has 0 bridgehead atoms. The molecule has 0 saturated heterocycles. The van der Waals surface area contributed by atoms with E-state index in [4.69, 9.17) is 0 Å². The van der Waals surface area contributed by atoms with Crippen molar-refractivity contribution in [1.82, 2.24) is 9.78 Å². The maximum Gasteiger partial charge on any atom is 1.00 e. The number of aryl methyl sites for hydroxylation is 1. The van der Waals surface area contributed by atoms with E-state index in [1.807, 2.05) is 37.3 Å². The fraction of sp³-hybridized carbons (Fsp3) is 0.100. The Morgan fingerprint density at radius 2 is 1.93 bits per heavy atom. The molecule has 0 radical (unpaired) electrons. The van der Waals surface area contributed by atoms with Gasteiger partial charge in [0.05, 0.1) is 5.69 Å². The van der Waals surface area contributed by atoms with Crippen LogP contribution in [0.25, 0.3) is 5.69 Å². The number of para-hydroxylation sites is 1. The van der Waals surface area contributed by atoms with E-state index in [0.717, 1.165) is 11.4 Å². The van der Waals surface area contributed by atoms with Gasteiger partial charge in [0.1, 0.15) is 0 Å². The molecule has 4 heteroatoms. The van der Waals surface area contributed by atoms with Crippen molar-refractivity contribution in [1.29, 1.82) is 0 Å². The van der Waals surface area contributed by atoms with E-state index in [1.54, 1.807) is 6.07 Å². The van der Waals surface area contributed by atoms with E-state index in [1.165, 1.54) is 4.68 Å². The van der Waals surface area contributed by atoms with Crippen molar-refractivity contribution in [2.24, 2.45) is 0 Å². The summed E-state index contributed by atoms with van der Waals surface area (Å²) in [6.45, 7) is 1.86. The van der Waals surface area contributed by atoms with Crippen LogP contribution in [0.1, 0.15) is 7.12 Å². The number of aromatic amines is 1. The minimum Gasteiger partial charge on any atom is -1.00 e. The molecule has 1 heterocycles. The van der Waals surface area contributed by atoms with Crippen molar-refractivity contribution in [2.45, 2.75) is 6.92 Å². The normalized spacial score (nSPS) is 9.50. The Kier molecular flexibility index (Phi) is 3.75. The second-order valence-corrected chi connectivity index (χ2v) is 2.95. The summed E-state index contributed by atoms with van der Waals surface area (Å²) in [6, 6.07) is 11.1. The number of hydrogen-bond acceptors (Lipinski definition) is 1. The van der Waals surface area contributed by atoms with E-state index in [-0.39, 0.29) is 36.5 Å². The average molecular weight is 198 g/mol. The van der Waals surface area contributed by atoms with Gasteiger partial charge in [-0.3, -0.25) is 9.89 Å². The van der Waals surface area contributed by atoms with E-state index >= 15 is 0 Å². The van der Waals surface area contributed by atoms with E-state index < -0.39 is 0 Å². The Labute approximate surface area is 106 Å². The summed E-state index contributed by atoms with van der Waals surface area (Å²) in [5, 5.41) is 2.96. The summed E-state index contributed by atoms with van der Waals surface area (Å²) in [6.07, 6.45) is 0. The molecule has 0 spiro atoms. The van der Waals surface area contributed by atoms with Crippen LogP contribution in [0.3, 0.4) is 0 Å². The predicted octanol–water partition coefficient (Wildman–Crippen LogP) is -1.41. The molecular formula is C10H11N2NaO. The number of benzene rings is 1. The number of hydrogen-bond donors (Lipinski definition) is 1. The molecule has 0 amide bonds. The predicted molar refractivity (Wildman–Crippen MR) is 52.2 cm³/mol. The second kappa shape index (κ2) is 4.64. The maximum atomic E-state index is 11.4. The van der Waals surface area contributed by atoms with Crippen LogP contribution >= 0.6 is 0 Å². The van der Waals surface area contributed by atoms with Crippen LogP contribution in [0.4, 0.5) is 0 Å². The molecular weight excluding hydrogens is 187 g/mol. The maximum absolute atomic E-state index is 11.4. The van der Waals surface area contributed by atoms with Crippen LogP contribution in [0.2, 0.25) is 0 Å². The molecule has 0 aliphatic heterocycles. The minimum absolute atomic E-state index is 0. The van der Waals surface area contributed by atoms with E-state index in [0.29, 0.717) is 0 Å². The molecule has 0 aliphatic rings. The van der Waals surface area contributed by atoms with Crippen molar-refractivity contribution in [3.63, 3.8) is 0 Å². The van der Waals surface area contributed by atoms with Gasteiger partial charge in [0.2, 0.25) is 0 Å². The zero-order valence-electron chi connectivity index (χ0n) is 9.32. The summed E-state index contributed by atoms with van der Waals surface area (Å²) < 4.78 is 1.52. The molecule has 68 valence electrons. The monoisotopic (exact) mass is 198 g/mol. The largest absolute Gasteiger partial charge is 1.00 e. The summed E-state index contributed by atoms with van der Waals surface area (Å²) in [4.78, 5) is 11.4. The number of rotatable bonds is 1. The van der Waals surface area contributed by atoms with Crippen molar-refractivity contribution in [2.75, 3.05) is 0 Å². The van der Waals surface area contributed by atoms with Gasteiger partial charge in [0.15, 0.2) is 0 Å². The van der Waals surface area contributed by atoms with Crippen LogP contribution in [0.5, 0.6) is 0 Å². The molecule has 0 unspecified atom stereocenters. The van der Waals surface area contributed by atoms with Gasteiger partial charge in [-0.1, -0.05) is 18.2 Å². The SMILES string of the molecule is Cc1cc(=O)n(-c2ccccc2)[nH]1.[H-].[Na+]. The van der Waals surface area contributed by atoms with Gasteiger partial charge < -0.3 is 1.43 Å². The van der Waals surface area contributed by atoms with Crippen LogP contribution in [-0.4, -0.2) is 9.78 Å². The minimum atomic E-state index is -0.0244. The third kappa shape index (κ3) is 2.18. The zero-order chi connectivity index (χ0) is 9.26. The smallest absolute Gasteiger partial charge is 1.00 e. The van der Waals surface area contributed by atoms with E-state index in [2.05, 4.69) is 5.10 Å². The van der Waals surface area contributed by atoms with Crippen LogP contribution < -0.4 is 35.1 Å². The Morgan fingerprint density at radius 3 is 2.43 bits per heavy atom. The molecule has 14 heavy (non-hydrogen) atoms. The first kappa shape index (κ1) is 11.3. The molecule has 0 fully saturated rings. The average Bonchev–Trinajstić information content (AvgIpc) is 2.47. The second-order valence-electron chi connectivity index (χ2n) is 2.95. The first-order chi connectivity index (χ1) is 6.27.